The molecule has 1 aromatic carbocycles. The second-order valence-corrected chi connectivity index (χ2v) is 7.31. The third-order valence-electron chi connectivity index (χ3n) is 5.21. The molecule has 26 heavy (non-hydrogen) atoms. The van der Waals surface area contributed by atoms with Crippen molar-refractivity contribution in [3.05, 3.63) is 29.8 Å². The molecule has 0 unspecified atom stereocenters. The van der Waals surface area contributed by atoms with Crippen molar-refractivity contribution in [1.82, 2.24) is 5.01 Å². The monoisotopic (exact) mass is 369 g/mol. The number of hydrogen-bond acceptors (Lipinski definition) is 4. The highest BCUT2D eigenvalue weighted by atomic mass is 19.4. The van der Waals surface area contributed by atoms with Gasteiger partial charge in [0.2, 0.25) is 0 Å². The number of alkyl halides is 3. The van der Waals surface area contributed by atoms with Crippen LogP contribution in [0.25, 0.3) is 0 Å². The third-order valence-corrected chi connectivity index (χ3v) is 5.21. The van der Waals surface area contributed by atoms with E-state index in [1.54, 1.807) is 12.1 Å². The first-order chi connectivity index (χ1) is 12.1. The molecule has 1 heterocycles. The van der Waals surface area contributed by atoms with Gasteiger partial charge in [-0.3, -0.25) is 4.79 Å². The summed E-state index contributed by atoms with van der Waals surface area (Å²) < 4.78 is 41.4. The summed E-state index contributed by atoms with van der Waals surface area (Å²) in [7, 11) is 3.63. The highest BCUT2D eigenvalue weighted by molar-refractivity contribution is 5.99. The van der Waals surface area contributed by atoms with Crippen LogP contribution < -0.4 is 4.90 Å². The van der Waals surface area contributed by atoms with E-state index in [-0.39, 0.29) is 28.6 Å². The van der Waals surface area contributed by atoms with Crippen LogP contribution in [0.4, 0.5) is 18.9 Å². The van der Waals surface area contributed by atoms with Crippen LogP contribution in [0.5, 0.6) is 0 Å². The Bertz CT molecular complexity index is 730. The van der Waals surface area contributed by atoms with E-state index in [1.807, 2.05) is 25.9 Å². The van der Waals surface area contributed by atoms with Gasteiger partial charge in [-0.2, -0.15) is 23.3 Å². The maximum Gasteiger partial charge on any atom is 0.439 e. The van der Waals surface area contributed by atoms with E-state index in [0.29, 0.717) is 12.8 Å². The summed E-state index contributed by atoms with van der Waals surface area (Å²) in [5.41, 5.74) is -2.19. The topological polar surface area (TPSA) is 56.1 Å². The van der Waals surface area contributed by atoms with Crippen molar-refractivity contribution >= 4 is 17.3 Å². The predicted octanol–water partition coefficient (Wildman–Crippen LogP) is 3.25. The van der Waals surface area contributed by atoms with Crippen molar-refractivity contribution in [2.24, 2.45) is 16.9 Å². The molecule has 5 nitrogen and oxygen atoms in total. The summed E-state index contributed by atoms with van der Waals surface area (Å²) in [6.07, 6.45) is -3.80. The van der Waals surface area contributed by atoms with E-state index in [0.717, 1.165) is 5.69 Å². The number of halogens is 3. The summed E-state index contributed by atoms with van der Waals surface area (Å²) in [6.45, 7) is 1.85. The summed E-state index contributed by atoms with van der Waals surface area (Å²) >= 11 is 0. The molecule has 1 aromatic rings. The van der Waals surface area contributed by atoms with E-state index >= 15 is 0 Å². The lowest BCUT2D eigenvalue weighted by molar-refractivity contribution is -0.313. The number of anilines is 1. The molecule has 1 amide bonds. The van der Waals surface area contributed by atoms with Crippen molar-refractivity contribution in [3.63, 3.8) is 0 Å². The van der Waals surface area contributed by atoms with Crippen molar-refractivity contribution in [2.75, 3.05) is 19.0 Å². The number of amides is 1. The van der Waals surface area contributed by atoms with Gasteiger partial charge >= 0.3 is 6.18 Å². The number of rotatable bonds is 2. The number of benzene rings is 1. The Hall–Kier alpha value is -2.09. The number of hydrogen-bond donors (Lipinski definition) is 1. The molecule has 1 saturated carbocycles. The quantitative estimate of drug-likeness (QED) is 0.871. The fourth-order valence-electron chi connectivity index (χ4n) is 3.64. The van der Waals surface area contributed by atoms with Crippen LogP contribution in [0.2, 0.25) is 0 Å². The largest absolute Gasteiger partial charge is 0.439 e. The van der Waals surface area contributed by atoms with Gasteiger partial charge in [0.05, 0.1) is 5.92 Å². The van der Waals surface area contributed by atoms with E-state index < -0.39 is 23.7 Å². The smallest absolute Gasteiger partial charge is 0.378 e. The molecule has 3 rings (SSSR count). The average Bonchev–Trinajstić information content (AvgIpc) is 2.88. The first kappa shape index (κ1) is 18.7. The van der Waals surface area contributed by atoms with Gasteiger partial charge in [0.25, 0.3) is 11.6 Å². The number of carbonyl (C=O) groups excluding carboxylic acids is 1. The lowest BCUT2D eigenvalue weighted by Gasteiger charge is -2.39. The first-order valence-corrected chi connectivity index (χ1v) is 8.54. The van der Waals surface area contributed by atoms with Crippen LogP contribution in [0.15, 0.2) is 29.4 Å². The normalized spacial score (nSPS) is 28.6. The maximum atomic E-state index is 13.8. The van der Waals surface area contributed by atoms with Gasteiger partial charge in [-0.1, -0.05) is 6.92 Å². The van der Waals surface area contributed by atoms with Crippen LogP contribution in [-0.4, -0.2) is 47.7 Å². The molecule has 0 saturated heterocycles. The zero-order valence-corrected chi connectivity index (χ0v) is 14.9. The molecule has 8 heteroatoms. The Labute approximate surface area is 150 Å². The maximum absolute atomic E-state index is 13.8. The zero-order valence-electron chi connectivity index (χ0n) is 14.9. The van der Waals surface area contributed by atoms with Gasteiger partial charge in [-0.25, -0.2) is 0 Å². The molecule has 0 aromatic heterocycles. The van der Waals surface area contributed by atoms with Crippen LogP contribution >= 0.6 is 0 Å². The molecule has 0 radical (unpaired) electrons. The van der Waals surface area contributed by atoms with Gasteiger partial charge < -0.3 is 10.0 Å². The Kier molecular flexibility index (Phi) is 4.50. The summed E-state index contributed by atoms with van der Waals surface area (Å²) in [5.74, 6) is -2.14. The second-order valence-electron chi connectivity index (χ2n) is 7.31. The third kappa shape index (κ3) is 2.86. The highest BCUT2D eigenvalue weighted by Crippen LogP contribution is 2.49. The molecular weight excluding hydrogens is 347 g/mol. The van der Waals surface area contributed by atoms with Gasteiger partial charge in [0, 0.05) is 31.1 Å². The van der Waals surface area contributed by atoms with Crippen LogP contribution in [0.1, 0.15) is 36.5 Å². The van der Waals surface area contributed by atoms with Crippen LogP contribution in [0.3, 0.4) is 0 Å². The standard InChI is InChI=1S/C18H22F3N3O2/c1-11-4-9-15-14(10-11)17(26,18(19,20)21)24(22-15)16(25)12-5-7-13(8-6-12)23(2)3/h5-8,11,14,26H,4,9-10H2,1-3H3/t11-,14-,17-/m1/s1. The molecular formula is C18H22F3N3O2. The number of hydrazone groups is 1. The lowest BCUT2D eigenvalue weighted by atomic mass is 9.76. The number of carbonyl (C=O) groups is 1. The van der Waals surface area contributed by atoms with E-state index in [2.05, 4.69) is 5.10 Å². The molecule has 1 aliphatic carbocycles. The van der Waals surface area contributed by atoms with Crippen molar-refractivity contribution < 1.29 is 23.1 Å². The fraction of sp³-hybridized carbons (Fsp3) is 0.556. The molecule has 3 atom stereocenters. The van der Waals surface area contributed by atoms with Gasteiger partial charge in [-0.15, -0.1) is 0 Å². The summed E-state index contributed by atoms with van der Waals surface area (Å²) in [6, 6.07) is 6.16. The molecule has 142 valence electrons. The molecule has 1 aliphatic heterocycles. The van der Waals surface area contributed by atoms with E-state index in [9.17, 15) is 23.1 Å². The molecule has 1 fully saturated rings. The lowest BCUT2D eigenvalue weighted by Crippen LogP contribution is -2.61. The van der Waals surface area contributed by atoms with E-state index in [4.69, 9.17) is 0 Å². The Morgan fingerprint density at radius 2 is 1.92 bits per heavy atom. The second kappa shape index (κ2) is 6.26. The van der Waals surface area contributed by atoms with Crippen molar-refractivity contribution in [3.8, 4) is 0 Å². The zero-order chi connectivity index (χ0) is 19.3. The van der Waals surface area contributed by atoms with Gasteiger partial charge in [0.1, 0.15) is 0 Å². The Morgan fingerprint density at radius 3 is 2.46 bits per heavy atom. The van der Waals surface area contributed by atoms with Gasteiger partial charge in [0.15, 0.2) is 0 Å². The number of fused-ring (bicyclic) bond motifs is 1. The van der Waals surface area contributed by atoms with Crippen LogP contribution in [-0.2, 0) is 0 Å². The van der Waals surface area contributed by atoms with E-state index in [1.165, 1.54) is 12.1 Å². The molecule has 0 bridgehead atoms. The minimum absolute atomic E-state index is 0.0299. The number of nitrogens with zero attached hydrogens (tertiary/aromatic N) is 3. The van der Waals surface area contributed by atoms with Crippen LogP contribution in [0, 0.1) is 11.8 Å². The van der Waals surface area contributed by atoms with Crippen molar-refractivity contribution in [1.29, 1.82) is 0 Å². The Balaban J connectivity index is 1.98. The fourth-order valence-corrected chi connectivity index (χ4v) is 3.64. The minimum atomic E-state index is -5.00. The minimum Gasteiger partial charge on any atom is -0.378 e. The highest BCUT2D eigenvalue weighted by Gasteiger charge is 2.68. The average molecular weight is 369 g/mol. The predicted molar refractivity (Wildman–Crippen MR) is 91.9 cm³/mol. The first-order valence-electron chi connectivity index (χ1n) is 8.54. The van der Waals surface area contributed by atoms with Gasteiger partial charge in [-0.05, 0) is 49.4 Å². The summed E-state index contributed by atoms with van der Waals surface area (Å²) in [4.78, 5) is 14.6. The Morgan fingerprint density at radius 1 is 1.31 bits per heavy atom. The summed E-state index contributed by atoms with van der Waals surface area (Å²) in [5, 5.41) is 14.8. The molecule has 2 aliphatic rings. The van der Waals surface area contributed by atoms with Crippen molar-refractivity contribution in [2.45, 2.75) is 38.1 Å². The molecule has 0 spiro atoms. The molecule has 1 N–H and O–H groups in total. The SMILES string of the molecule is C[C@@H]1CCC2=NN(C(=O)c3ccc(N(C)C)cc3)[C@](O)(C(F)(F)F)[C@@H]2C1. The number of aliphatic hydroxyl groups is 1.